The van der Waals surface area contributed by atoms with Gasteiger partial charge in [-0.1, -0.05) is 158 Å². The van der Waals surface area contributed by atoms with Gasteiger partial charge in [-0.25, -0.2) is 9.98 Å². The molecule has 0 spiro atoms. The quantitative estimate of drug-likeness (QED) is 0.112. The van der Waals surface area contributed by atoms with Gasteiger partial charge in [0.25, 0.3) is 0 Å². The Hall–Kier alpha value is -7.65. The summed E-state index contributed by atoms with van der Waals surface area (Å²) in [4.78, 5) is 16.6. The lowest BCUT2D eigenvalue weighted by Crippen LogP contribution is -2.16. The summed E-state index contributed by atoms with van der Waals surface area (Å²) in [5, 5.41) is 5.58. The molecule has 6 nitrogen and oxygen atoms in total. The summed E-state index contributed by atoms with van der Waals surface area (Å²) >= 11 is 3.58. The van der Waals surface area contributed by atoms with Gasteiger partial charge in [0.15, 0.2) is 5.84 Å². The molecule has 11 aromatic rings. The number of aliphatic imine (C=N–C) groups is 3. The van der Waals surface area contributed by atoms with Crippen LogP contribution in [-0.2, 0) is 13.0 Å². The van der Waals surface area contributed by atoms with Crippen LogP contribution in [0.15, 0.2) is 207 Å². The first-order valence-corrected chi connectivity index (χ1v) is 22.5. The second kappa shape index (κ2) is 16.3. The van der Waals surface area contributed by atoms with E-state index in [-0.39, 0.29) is 0 Å². The second-order valence-electron chi connectivity index (χ2n) is 15.5. The normalized spacial score (nSPS) is 12.7. The first-order chi connectivity index (χ1) is 31.1. The van der Waals surface area contributed by atoms with Crippen molar-refractivity contribution in [1.82, 2.24) is 0 Å². The Labute approximate surface area is 371 Å². The molecular formula is C55H39N5OS2. The highest BCUT2D eigenvalue weighted by atomic mass is 32.1. The van der Waals surface area contributed by atoms with Gasteiger partial charge in [-0.3, -0.25) is 4.99 Å². The molecule has 0 aliphatic carbocycles. The average molecular weight is 850 g/mol. The highest BCUT2D eigenvalue weighted by molar-refractivity contribution is 7.26. The van der Waals surface area contributed by atoms with Crippen LogP contribution in [-0.4, -0.2) is 17.5 Å². The van der Waals surface area contributed by atoms with Crippen LogP contribution in [0.3, 0.4) is 0 Å². The number of hydrogen-bond donors (Lipinski definition) is 2. The van der Waals surface area contributed by atoms with E-state index in [0.717, 1.165) is 76.0 Å². The topological polar surface area (TPSA) is 102 Å². The Morgan fingerprint density at radius 2 is 1.17 bits per heavy atom. The van der Waals surface area contributed by atoms with Crippen LogP contribution in [0.2, 0.25) is 0 Å². The molecule has 3 heterocycles. The predicted octanol–water partition coefficient (Wildman–Crippen LogP) is 13.8. The van der Waals surface area contributed by atoms with Gasteiger partial charge < -0.3 is 15.9 Å². The Morgan fingerprint density at radius 1 is 0.540 bits per heavy atom. The summed E-state index contributed by atoms with van der Waals surface area (Å²) in [6, 6.07) is 64.4. The molecule has 0 aliphatic rings. The molecule has 0 saturated carbocycles. The third-order valence-corrected chi connectivity index (χ3v) is 13.9. The molecule has 0 saturated heterocycles. The lowest BCUT2D eigenvalue weighted by molar-refractivity contribution is 0.668. The summed E-state index contributed by atoms with van der Waals surface area (Å²) in [7, 11) is 0. The number of fused-ring (bicyclic) bond motifs is 7. The van der Waals surface area contributed by atoms with Crippen molar-refractivity contribution in [3.8, 4) is 11.1 Å². The zero-order valence-electron chi connectivity index (χ0n) is 34.0. The number of furan rings is 1. The fraction of sp³-hybridized carbons (Fsp3) is 0.0364. The molecule has 0 radical (unpaired) electrons. The Kier molecular flexibility index (Phi) is 9.92. The van der Waals surface area contributed by atoms with Gasteiger partial charge in [0.05, 0.1) is 12.2 Å². The highest BCUT2D eigenvalue weighted by Gasteiger charge is 2.21. The van der Waals surface area contributed by atoms with Crippen molar-refractivity contribution in [1.29, 1.82) is 0 Å². The smallest absolute Gasteiger partial charge is 0.158 e. The minimum Gasteiger partial charge on any atom is -0.456 e. The van der Waals surface area contributed by atoms with Crippen LogP contribution < -0.4 is 11.5 Å². The van der Waals surface area contributed by atoms with Crippen molar-refractivity contribution in [2.45, 2.75) is 13.0 Å². The van der Waals surface area contributed by atoms with Crippen LogP contribution in [0.1, 0.15) is 32.7 Å². The van der Waals surface area contributed by atoms with E-state index >= 15 is 0 Å². The van der Waals surface area contributed by atoms with Crippen molar-refractivity contribution in [3.63, 3.8) is 0 Å². The van der Waals surface area contributed by atoms with Crippen LogP contribution in [0.25, 0.3) is 63.3 Å². The molecule has 4 N–H and O–H groups in total. The van der Waals surface area contributed by atoms with Gasteiger partial charge in [-0.15, -0.1) is 22.7 Å². The van der Waals surface area contributed by atoms with Crippen molar-refractivity contribution < 1.29 is 4.42 Å². The van der Waals surface area contributed by atoms with Crippen molar-refractivity contribution in [2.75, 3.05) is 0 Å². The monoisotopic (exact) mass is 849 g/mol. The number of nitrogens with two attached hydrogens (primary N) is 2. The molecule has 8 aromatic carbocycles. The van der Waals surface area contributed by atoms with E-state index in [2.05, 4.69) is 109 Å². The van der Waals surface area contributed by atoms with E-state index < -0.39 is 0 Å². The van der Waals surface area contributed by atoms with Crippen molar-refractivity contribution in [2.24, 2.45) is 26.4 Å². The number of benzene rings is 8. The van der Waals surface area contributed by atoms with Crippen molar-refractivity contribution in [3.05, 3.63) is 221 Å². The number of rotatable bonds is 9. The Bertz CT molecular complexity index is 3600. The molecule has 302 valence electrons. The third kappa shape index (κ3) is 7.25. The van der Waals surface area contributed by atoms with Gasteiger partial charge in [-0.05, 0) is 52.6 Å². The van der Waals surface area contributed by atoms with E-state index in [1.165, 1.54) is 25.7 Å². The Morgan fingerprint density at radius 3 is 1.97 bits per heavy atom. The predicted molar refractivity (Wildman–Crippen MR) is 267 cm³/mol. The fourth-order valence-corrected chi connectivity index (χ4v) is 10.9. The molecule has 0 fully saturated rings. The van der Waals surface area contributed by atoms with Crippen LogP contribution >= 0.6 is 22.7 Å². The Balaban J connectivity index is 1.04. The maximum absolute atomic E-state index is 6.81. The lowest BCUT2D eigenvalue weighted by atomic mass is 9.98. The molecule has 0 unspecified atom stereocenters. The molecule has 8 heteroatoms. The van der Waals surface area contributed by atoms with Gasteiger partial charge >= 0.3 is 0 Å². The number of hydrogen-bond acceptors (Lipinski definition) is 5. The SMILES string of the molecule is NC(=NC(=NCc1cccc(-c2cccc3c2sc2ccccc23)c1)c1cccc2oc3cccc(Cc4sc5ccccc5c4N=C(N)c4ccccc4)c3c12)c1ccccc1. The maximum Gasteiger partial charge on any atom is 0.158 e. The zero-order valence-corrected chi connectivity index (χ0v) is 35.7. The minimum atomic E-state index is 0.383. The van der Waals surface area contributed by atoms with E-state index in [9.17, 15) is 0 Å². The van der Waals surface area contributed by atoms with Crippen LogP contribution in [0, 0.1) is 0 Å². The summed E-state index contributed by atoms with van der Waals surface area (Å²) in [5.41, 5.74) is 23.0. The number of thiophene rings is 2. The largest absolute Gasteiger partial charge is 0.456 e. The van der Waals surface area contributed by atoms with Gasteiger partial charge in [0.1, 0.15) is 22.8 Å². The first kappa shape index (κ1) is 38.3. The van der Waals surface area contributed by atoms with Gasteiger partial charge in [0.2, 0.25) is 0 Å². The number of amidine groups is 3. The summed E-state index contributed by atoms with van der Waals surface area (Å²) in [6.45, 7) is 0.391. The van der Waals surface area contributed by atoms with E-state index in [1.807, 2.05) is 90.2 Å². The molecule has 11 rings (SSSR count). The van der Waals surface area contributed by atoms with E-state index in [1.54, 1.807) is 11.3 Å². The molecule has 63 heavy (non-hydrogen) atoms. The first-order valence-electron chi connectivity index (χ1n) is 20.8. The minimum absolute atomic E-state index is 0.383. The van der Waals surface area contributed by atoms with Crippen LogP contribution in [0.5, 0.6) is 0 Å². The fourth-order valence-electron chi connectivity index (χ4n) is 8.51. The highest BCUT2D eigenvalue weighted by Crippen LogP contribution is 2.43. The van der Waals surface area contributed by atoms with E-state index in [4.69, 9.17) is 30.9 Å². The molecule has 0 bridgehead atoms. The molecular weight excluding hydrogens is 811 g/mol. The lowest BCUT2D eigenvalue weighted by Gasteiger charge is -2.10. The van der Waals surface area contributed by atoms with Crippen molar-refractivity contribution >= 4 is 98.1 Å². The maximum atomic E-state index is 6.81. The third-order valence-electron chi connectivity index (χ3n) is 11.5. The second-order valence-corrected chi connectivity index (χ2v) is 17.7. The van der Waals surface area contributed by atoms with Gasteiger partial charge in [-0.2, -0.15) is 0 Å². The average Bonchev–Trinajstić information content (AvgIpc) is 4.02. The molecule has 0 atom stereocenters. The standard InChI is InChI=1S/C55H39N5OS2/c56-53(35-16-3-1-4-17-35)59-51-42-23-8-10-30-47(42)62-48(51)32-38-21-12-27-44-49(38)50-43(26-14-28-45(50)61-44)55(60-54(57)36-18-5-2-6-19-36)58-33-34-15-11-20-37(31-34)39-24-13-25-41-40-22-7-9-29-46(40)63-52(39)41/h1-31H,32-33H2,(H2,56,59)(H2,57,58,60). The number of nitrogens with zero attached hydrogens (tertiary/aromatic N) is 3. The van der Waals surface area contributed by atoms with E-state index in [0.29, 0.717) is 30.5 Å². The molecule has 0 amide bonds. The summed E-state index contributed by atoms with van der Waals surface area (Å²) in [5.74, 6) is 1.39. The van der Waals surface area contributed by atoms with Crippen LogP contribution in [0.4, 0.5) is 5.69 Å². The zero-order chi connectivity index (χ0) is 42.3. The molecule has 0 aliphatic heterocycles. The molecule has 3 aromatic heterocycles. The summed E-state index contributed by atoms with van der Waals surface area (Å²) < 4.78 is 10.4. The summed E-state index contributed by atoms with van der Waals surface area (Å²) in [6.07, 6.45) is 0.613. The van der Waals surface area contributed by atoms with Gasteiger partial charge in [0, 0.05) is 69.0 Å².